The molecule has 3 heteroatoms. The lowest BCUT2D eigenvalue weighted by atomic mass is 9.79. The summed E-state index contributed by atoms with van der Waals surface area (Å²) in [6.07, 6.45) is 6.62. The Labute approximate surface area is 144 Å². The molecule has 0 rings (SSSR count). The Bertz CT molecular complexity index is 310. The van der Waals surface area contributed by atoms with Crippen molar-refractivity contribution in [3.63, 3.8) is 0 Å². The molecule has 23 heavy (non-hydrogen) atoms. The number of aliphatic hydroxyl groups excluding tert-OH is 2. The minimum atomic E-state index is -0.667. The first kappa shape index (κ1) is 22.9. The van der Waals surface area contributed by atoms with Gasteiger partial charge >= 0.3 is 0 Å². The normalized spacial score (nSPS) is 16.4. The predicted molar refractivity (Wildman–Crippen MR) is 98.4 cm³/mol. The van der Waals surface area contributed by atoms with Gasteiger partial charge in [0.1, 0.15) is 0 Å². The largest absolute Gasteiger partial charge is 0.396 e. The van der Waals surface area contributed by atoms with Crippen LogP contribution in [0.4, 0.5) is 0 Å². The van der Waals surface area contributed by atoms with E-state index in [9.17, 15) is 15.3 Å². The third-order valence-electron chi connectivity index (χ3n) is 5.07. The number of rotatable bonds is 11. The highest BCUT2D eigenvalue weighted by Crippen LogP contribution is 2.31. The second kappa shape index (κ2) is 9.39. The van der Waals surface area contributed by atoms with Gasteiger partial charge < -0.3 is 15.3 Å². The number of unbranched alkanes of at least 4 members (excludes halogenated alkanes) is 1. The molecule has 140 valence electrons. The number of hydrogen-bond acceptors (Lipinski definition) is 3. The highest BCUT2D eigenvalue weighted by Gasteiger charge is 2.29. The summed E-state index contributed by atoms with van der Waals surface area (Å²) in [6.45, 7) is 14.4. The monoisotopic (exact) mass is 330 g/mol. The topological polar surface area (TPSA) is 60.7 Å². The van der Waals surface area contributed by atoms with Gasteiger partial charge in [0.25, 0.3) is 0 Å². The van der Waals surface area contributed by atoms with Crippen molar-refractivity contribution in [3.8, 4) is 0 Å². The van der Waals surface area contributed by atoms with E-state index in [2.05, 4.69) is 20.8 Å². The maximum Gasteiger partial charge on any atom is 0.0619 e. The van der Waals surface area contributed by atoms with Crippen LogP contribution < -0.4 is 0 Å². The van der Waals surface area contributed by atoms with Crippen LogP contribution in [0.3, 0.4) is 0 Å². The van der Waals surface area contributed by atoms with Crippen LogP contribution >= 0.6 is 0 Å². The zero-order valence-corrected chi connectivity index (χ0v) is 16.7. The zero-order valence-electron chi connectivity index (χ0n) is 16.7. The number of aliphatic hydroxyl groups is 3. The van der Waals surface area contributed by atoms with E-state index >= 15 is 0 Å². The molecule has 3 N–H and O–H groups in total. The van der Waals surface area contributed by atoms with E-state index < -0.39 is 17.1 Å². The Morgan fingerprint density at radius 1 is 0.783 bits per heavy atom. The summed E-state index contributed by atoms with van der Waals surface area (Å²) in [7, 11) is 0. The van der Waals surface area contributed by atoms with Crippen LogP contribution in [0.5, 0.6) is 0 Å². The van der Waals surface area contributed by atoms with Crippen LogP contribution in [-0.4, -0.2) is 33.6 Å². The SMILES string of the molecule is CC(C)(C)CCCCC(CCCC(O)C(C)(C)CO)C(C)(C)O. The fraction of sp³-hybridized carbons (Fsp3) is 1.00. The molecule has 0 aromatic carbocycles. The summed E-state index contributed by atoms with van der Waals surface area (Å²) in [5.74, 6) is 0.270. The van der Waals surface area contributed by atoms with E-state index in [1.165, 1.54) is 12.8 Å². The van der Waals surface area contributed by atoms with Crippen molar-refractivity contribution in [1.29, 1.82) is 0 Å². The number of hydrogen-bond donors (Lipinski definition) is 3. The molecule has 0 spiro atoms. The lowest BCUT2D eigenvalue weighted by Gasteiger charge is -2.32. The van der Waals surface area contributed by atoms with Gasteiger partial charge in [-0.2, -0.15) is 0 Å². The van der Waals surface area contributed by atoms with Crippen molar-refractivity contribution in [2.45, 2.75) is 105 Å². The van der Waals surface area contributed by atoms with Crippen LogP contribution in [0.1, 0.15) is 93.4 Å². The third-order valence-corrected chi connectivity index (χ3v) is 5.07. The first-order valence-corrected chi connectivity index (χ1v) is 9.31. The maximum atomic E-state index is 10.4. The molecule has 0 aromatic rings. The van der Waals surface area contributed by atoms with Crippen molar-refractivity contribution < 1.29 is 15.3 Å². The minimum absolute atomic E-state index is 0.00408. The summed E-state index contributed by atoms with van der Waals surface area (Å²) in [4.78, 5) is 0. The Kier molecular flexibility index (Phi) is 9.34. The van der Waals surface area contributed by atoms with Crippen molar-refractivity contribution in [2.75, 3.05) is 6.61 Å². The molecular formula is C20H42O3. The van der Waals surface area contributed by atoms with Crippen LogP contribution in [0, 0.1) is 16.7 Å². The molecular weight excluding hydrogens is 288 g/mol. The third kappa shape index (κ3) is 10.4. The van der Waals surface area contributed by atoms with Crippen LogP contribution in [-0.2, 0) is 0 Å². The first-order chi connectivity index (χ1) is 10.3. The molecule has 2 atom stereocenters. The van der Waals surface area contributed by atoms with Crippen LogP contribution in [0.15, 0.2) is 0 Å². The molecule has 2 unspecified atom stereocenters. The Hall–Kier alpha value is -0.120. The molecule has 0 aliphatic heterocycles. The molecule has 0 saturated heterocycles. The lowest BCUT2D eigenvalue weighted by molar-refractivity contribution is -0.0107. The van der Waals surface area contributed by atoms with Gasteiger partial charge in [0, 0.05) is 5.41 Å². The molecule has 0 bridgehead atoms. The standard InChI is InChI=1S/C20H42O3/c1-18(2,3)14-9-8-11-16(20(6,7)23)12-10-13-17(22)19(4,5)15-21/h16-17,21-23H,8-15H2,1-7H3. The Morgan fingerprint density at radius 3 is 1.74 bits per heavy atom. The van der Waals surface area contributed by atoms with E-state index in [0.29, 0.717) is 11.8 Å². The molecule has 0 amide bonds. The minimum Gasteiger partial charge on any atom is -0.396 e. The van der Waals surface area contributed by atoms with Gasteiger partial charge in [-0.15, -0.1) is 0 Å². The van der Waals surface area contributed by atoms with Crippen molar-refractivity contribution >= 4 is 0 Å². The molecule has 0 aliphatic carbocycles. The van der Waals surface area contributed by atoms with Gasteiger partial charge in [-0.3, -0.25) is 0 Å². The molecule has 0 saturated carbocycles. The lowest BCUT2D eigenvalue weighted by Crippen LogP contribution is -2.34. The van der Waals surface area contributed by atoms with E-state index in [0.717, 1.165) is 25.7 Å². The molecule has 3 nitrogen and oxygen atoms in total. The first-order valence-electron chi connectivity index (χ1n) is 9.31. The van der Waals surface area contributed by atoms with Gasteiger partial charge in [-0.25, -0.2) is 0 Å². The predicted octanol–water partition coefficient (Wildman–Crippen LogP) is 4.53. The molecule has 0 fully saturated rings. The second-order valence-electron chi connectivity index (χ2n) is 9.75. The average Bonchev–Trinajstić information content (AvgIpc) is 2.38. The summed E-state index contributed by atoms with van der Waals surface area (Å²) < 4.78 is 0. The molecule has 0 aromatic heterocycles. The van der Waals surface area contributed by atoms with E-state index in [-0.39, 0.29) is 12.5 Å². The van der Waals surface area contributed by atoms with Crippen molar-refractivity contribution in [1.82, 2.24) is 0 Å². The van der Waals surface area contributed by atoms with Crippen molar-refractivity contribution in [3.05, 3.63) is 0 Å². The van der Waals surface area contributed by atoms with Crippen molar-refractivity contribution in [2.24, 2.45) is 16.7 Å². The smallest absolute Gasteiger partial charge is 0.0619 e. The van der Waals surface area contributed by atoms with Gasteiger partial charge in [-0.05, 0) is 50.9 Å². The highest BCUT2D eigenvalue weighted by molar-refractivity contribution is 4.80. The molecule has 0 radical (unpaired) electrons. The summed E-state index contributed by atoms with van der Waals surface area (Å²) in [5.41, 5.74) is -0.736. The fourth-order valence-corrected chi connectivity index (χ4v) is 2.95. The van der Waals surface area contributed by atoms with E-state index in [4.69, 9.17) is 0 Å². The summed E-state index contributed by atoms with van der Waals surface area (Å²) in [6, 6.07) is 0. The molecule has 0 aliphatic rings. The second-order valence-corrected chi connectivity index (χ2v) is 9.75. The van der Waals surface area contributed by atoms with Crippen LogP contribution in [0.2, 0.25) is 0 Å². The highest BCUT2D eigenvalue weighted by atomic mass is 16.3. The van der Waals surface area contributed by atoms with E-state index in [1.54, 1.807) is 0 Å². The van der Waals surface area contributed by atoms with Gasteiger partial charge in [0.05, 0.1) is 18.3 Å². The van der Waals surface area contributed by atoms with Crippen LogP contribution in [0.25, 0.3) is 0 Å². The quantitative estimate of drug-likeness (QED) is 0.488. The maximum absolute atomic E-state index is 10.4. The Balaban J connectivity index is 4.27. The van der Waals surface area contributed by atoms with Gasteiger partial charge in [0.2, 0.25) is 0 Å². The van der Waals surface area contributed by atoms with Gasteiger partial charge in [0.15, 0.2) is 0 Å². The fourth-order valence-electron chi connectivity index (χ4n) is 2.95. The van der Waals surface area contributed by atoms with Gasteiger partial charge in [-0.1, -0.05) is 53.9 Å². The Morgan fingerprint density at radius 2 is 1.30 bits per heavy atom. The molecule has 0 heterocycles. The average molecular weight is 331 g/mol. The zero-order chi connectivity index (χ0) is 18.3. The summed E-state index contributed by atoms with van der Waals surface area (Å²) in [5, 5.41) is 29.9. The van der Waals surface area contributed by atoms with E-state index in [1.807, 2.05) is 27.7 Å². The summed E-state index contributed by atoms with van der Waals surface area (Å²) >= 11 is 0.